The lowest BCUT2D eigenvalue weighted by Crippen LogP contribution is -2.16. The van der Waals surface area contributed by atoms with Crippen LogP contribution >= 0.6 is 16.4 Å². The molecule has 2 fully saturated rings. The van der Waals surface area contributed by atoms with E-state index in [9.17, 15) is 9.90 Å². The van der Waals surface area contributed by atoms with Crippen molar-refractivity contribution in [3.05, 3.63) is 48.0 Å². The molecular formula is C18H24BO4P2. The van der Waals surface area contributed by atoms with Crippen molar-refractivity contribution in [2.75, 3.05) is 0 Å². The molecule has 1 saturated heterocycles. The fourth-order valence-electron chi connectivity index (χ4n) is 3.83. The number of aryl methyl sites for hydroxylation is 1. The van der Waals surface area contributed by atoms with Gasteiger partial charge in [0.1, 0.15) is 6.10 Å². The maximum absolute atomic E-state index is 11.6. The molecule has 2 aliphatic rings. The van der Waals surface area contributed by atoms with E-state index in [1.807, 2.05) is 24.3 Å². The molecule has 7 heteroatoms. The third kappa shape index (κ3) is 5.14. The molecule has 0 aromatic heterocycles. The maximum atomic E-state index is 11.6. The second kappa shape index (κ2) is 9.28. The molecule has 2 unspecified atom stereocenters. The number of benzene rings is 1. The first-order valence-electron chi connectivity index (χ1n) is 8.74. The van der Waals surface area contributed by atoms with Gasteiger partial charge in [0.15, 0.2) is 0 Å². The lowest BCUT2D eigenvalue weighted by atomic mass is 9.92. The molecule has 2 N–H and O–H groups in total. The number of fused-ring (bicyclic) bond motifs is 1. The van der Waals surface area contributed by atoms with Crippen molar-refractivity contribution >= 4 is 29.6 Å². The summed E-state index contributed by atoms with van der Waals surface area (Å²) in [4.78, 5) is 11.6. The van der Waals surface area contributed by atoms with Crippen LogP contribution in [0.2, 0.25) is 0 Å². The van der Waals surface area contributed by atoms with Crippen molar-refractivity contribution in [2.24, 2.45) is 11.8 Å². The molecule has 25 heavy (non-hydrogen) atoms. The topological polar surface area (TPSA) is 66.8 Å². The number of hydrogen-bond donors (Lipinski definition) is 2. The van der Waals surface area contributed by atoms with Crippen LogP contribution in [0, 0.1) is 11.8 Å². The Hall–Kier alpha value is -0.725. The summed E-state index contributed by atoms with van der Waals surface area (Å²) < 4.78 is 5.44. The van der Waals surface area contributed by atoms with Gasteiger partial charge in [-0.15, -0.1) is 16.4 Å². The lowest BCUT2D eigenvalue weighted by molar-refractivity contribution is -0.141. The number of hydrogen-bond acceptors (Lipinski definition) is 4. The zero-order chi connectivity index (χ0) is 17.6. The third-order valence-corrected chi connectivity index (χ3v) is 8.36. The van der Waals surface area contributed by atoms with Gasteiger partial charge in [-0.3, -0.25) is 4.79 Å². The normalized spacial score (nSPS) is 30.6. The number of aliphatic hydroxyl groups is 1. The van der Waals surface area contributed by atoms with Crippen LogP contribution < -0.4 is 0 Å². The number of allylic oxidation sites excluding steroid dienone is 1. The van der Waals surface area contributed by atoms with Crippen molar-refractivity contribution in [2.45, 2.75) is 43.6 Å². The summed E-state index contributed by atoms with van der Waals surface area (Å²) in [6.45, 7) is 0. The molecule has 1 heterocycles. The minimum absolute atomic E-state index is 0.0182. The molecule has 3 rings (SSSR count). The van der Waals surface area contributed by atoms with Gasteiger partial charge in [-0.25, -0.2) is 0 Å². The predicted octanol–water partition coefficient (Wildman–Crippen LogP) is 2.66. The molecule has 0 bridgehead atoms. The quantitative estimate of drug-likeness (QED) is 0.317. The van der Waals surface area contributed by atoms with Crippen LogP contribution in [0.3, 0.4) is 0 Å². The van der Waals surface area contributed by atoms with Gasteiger partial charge < -0.3 is 14.9 Å². The van der Waals surface area contributed by atoms with Crippen LogP contribution in [-0.4, -0.2) is 41.2 Å². The van der Waals surface area contributed by atoms with Crippen LogP contribution in [0.15, 0.2) is 42.5 Å². The Morgan fingerprint density at radius 3 is 2.92 bits per heavy atom. The van der Waals surface area contributed by atoms with Gasteiger partial charge in [0.25, 0.3) is 0 Å². The van der Waals surface area contributed by atoms with Gasteiger partial charge in [-0.1, -0.05) is 42.5 Å². The minimum Gasteiger partial charge on any atom is -0.462 e. The van der Waals surface area contributed by atoms with E-state index in [2.05, 4.69) is 18.2 Å². The van der Waals surface area contributed by atoms with Crippen LogP contribution in [0.25, 0.3) is 0 Å². The summed E-state index contributed by atoms with van der Waals surface area (Å²) >= 11 is 0. The Morgan fingerprint density at radius 1 is 1.36 bits per heavy atom. The van der Waals surface area contributed by atoms with E-state index >= 15 is 0 Å². The molecule has 0 spiro atoms. The summed E-state index contributed by atoms with van der Waals surface area (Å²) in [5.41, 5.74) is 1.66. The Kier molecular flexibility index (Phi) is 7.07. The van der Waals surface area contributed by atoms with Gasteiger partial charge >= 0.3 is 13.2 Å². The SMILES string of the molecule is O=C1C[C@@H]2[C@@H](/C=C/[C@H](O)CCc3ccccc3)[C@H](PP[B]O)C[C@@H]2O1. The van der Waals surface area contributed by atoms with Crippen molar-refractivity contribution in [1.29, 1.82) is 0 Å². The summed E-state index contributed by atoms with van der Waals surface area (Å²) in [6, 6.07) is 10.2. The summed E-state index contributed by atoms with van der Waals surface area (Å²) in [7, 11) is 2.33. The van der Waals surface area contributed by atoms with Crippen molar-refractivity contribution < 1.29 is 19.7 Å². The lowest BCUT2D eigenvalue weighted by Gasteiger charge is -2.19. The van der Waals surface area contributed by atoms with Crippen molar-refractivity contribution in [3.8, 4) is 0 Å². The van der Waals surface area contributed by atoms with E-state index in [4.69, 9.17) is 9.76 Å². The summed E-state index contributed by atoms with van der Waals surface area (Å²) in [6.07, 6.45) is 6.42. The molecule has 7 atom stereocenters. The van der Waals surface area contributed by atoms with E-state index in [0.717, 1.165) is 12.8 Å². The fraction of sp³-hybridized carbons (Fsp3) is 0.500. The molecule has 1 aliphatic carbocycles. The average Bonchev–Trinajstić information content (AvgIpc) is 3.13. The van der Waals surface area contributed by atoms with Crippen molar-refractivity contribution in [1.82, 2.24) is 0 Å². The highest BCUT2D eigenvalue weighted by Gasteiger charge is 2.48. The van der Waals surface area contributed by atoms with E-state index in [1.165, 1.54) is 12.8 Å². The maximum Gasteiger partial charge on any atom is 0.322 e. The molecule has 1 aromatic rings. The predicted molar refractivity (Wildman–Crippen MR) is 104 cm³/mol. The Morgan fingerprint density at radius 2 is 2.16 bits per heavy atom. The number of aliphatic hydroxyl groups excluding tert-OH is 1. The second-order valence-corrected chi connectivity index (χ2v) is 10.0. The monoisotopic (exact) mass is 377 g/mol. The Labute approximate surface area is 153 Å². The van der Waals surface area contributed by atoms with Crippen LogP contribution in [0.5, 0.6) is 0 Å². The third-order valence-electron chi connectivity index (χ3n) is 5.07. The van der Waals surface area contributed by atoms with Gasteiger partial charge in [0, 0.05) is 5.92 Å². The average molecular weight is 377 g/mol. The first kappa shape index (κ1) is 19.0. The second-order valence-electron chi connectivity index (χ2n) is 6.71. The molecule has 1 aliphatic heterocycles. The molecule has 0 amide bonds. The molecule has 1 saturated carbocycles. The van der Waals surface area contributed by atoms with Crippen LogP contribution in [-0.2, 0) is 16.0 Å². The van der Waals surface area contributed by atoms with Gasteiger partial charge in [-0.2, -0.15) is 0 Å². The highest BCUT2D eigenvalue weighted by atomic mass is 32.0. The zero-order valence-electron chi connectivity index (χ0n) is 14.0. The van der Waals surface area contributed by atoms with E-state index in [1.54, 1.807) is 0 Å². The molecule has 4 nitrogen and oxygen atoms in total. The summed E-state index contributed by atoms with van der Waals surface area (Å²) in [5.74, 6) is 0.385. The largest absolute Gasteiger partial charge is 0.462 e. The van der Waals surface area contributed by atoms with Crippen molar-refractivity contribution in [3.63, 3.8) is 0 Å². The minimum atomic E-state index is -0.479. The van der Waals surface area contributed by atoms with E-state index in [-0.39, 0.29) is 23.9 Å². The number of carbonyl (C=O) groups excluding carboxylic acids is 1. The Balaban J connectivity index is 1.57. The fourth-order valence-corrected chi connectivity index (χ4v) is 6.82. The van der Waals surface area contributed by atoms with E-state index in [0.29, 0.717) is 34.9 Å². The van der Waals surface area contributed by atoms with Crippen LogP contribution in [0.1, 0.15) is 24.8 Å². The van der Waals surface area contributed by atoms with Gasteiger partial charge in [0.2, 0.25) is 0 Å². The number of ether oxygens (including phenoxy) is 1. The highest BCUT2D eigenvalue weighted by molar-refractivity contribution is 8.24. The number of rotatable bonds is 8. The zero-order valence-corrected chi connectivity index (χ0v) is 16.0. The highest BCUT2D eigenvalue weighted by Crippen LogP contribution is 2.54. The first-order chi connectivity index (χ1) is 12.2. The van der Waals surface area contributed by atoms with Crippen LogP contribution in [0.4, 0.5) is 0 Å². The summed E-state index contributed by atoms with van der Waals surface area (Å²) in [5, 5.41) is 19.3. The van der Waals surface area contributed by atoms with Gasteiger partial charge in [0.05, 0.1) is 12.5 Å². The molecule has 133 valence electrons. The standard InChI is InChI=1S/C18H24BO4P2/c20-13(7-6-12-4-2-1-3-5-12)8-9-14-15-10-18(21)23-16(15)11-17(14)24-25-19-22/h1-5,8-9,13-17,20,22,24-25H,6-7,10-11H2/b9-8+/t13-,14-,15-,16+,17-/m1/s1. The number of carbonyl (C=O) groups is 1. The molecular weight excluding hydrogens is 353 g/mol. The Bertz CT molecular complexity index is 598. The molecule has 1 aromatic carbocycles. The van der Waals surface area contributed by atoms with Gasteiger partial charge in [-0.05, 0) is 36.4 Å². The van der Waals surface area contributed by atoms with E-state index < -0.39 is 6.10 Å². The number of esters is 1. The smallest absolute Gasteiger partial charge is 0.322 e. The first-order valence-corrected chi connectivity index (χ1v) is 11.9. The molecule has 1 radical (unpaired) electrons.